The van der Waals surface area contributed by atoms with Gasteiger partial charge in [-0.2, -0.15) is 13.2 Å². The molecule has 2 aromatic rings. The molecule has 2 aromatic carbocycles. The number of halogens is 3. The van der Waals surface area contributed by atoms with E-state index in [0.717, 1.165) is 17.7 Å². The fourth-order valence-electron chi connectivity index (χ4n) is 3.05. The van der Waals surface area contributed by atoms with Gasteiger partial charge in [0.1, 0.15) is 5.75 Å². The Morgan fingerprint density at radius 3 is 2.40 bits per heavy atom. The highest BCUT2D eigenvalue weighted by Crippen LogP contribution is 2.41. The van der Waals surface area contributed by atoms with Gasteiger partial charge in [-0.25, -0.2) is 0 Å². The van der Waals surface area contributed by atoms with Crippen molar-refractivity contribution in [2.24, 2.45) is 5.73 Å². The Morgan fingerprint density at radius 2 is 1.80 bits per heavy atom. The van der Waals surface area contributed by atoms with E-state index >= 15 is 0 Å². The number of carbonyl (C=O) groups is 1. The smallest absolute Gasteiger partial charge is 0.416 e. The zero-order valence-corrected chi connectivity index (χ0v) is 13.4. The van der Waals surface area contributed by atoms with Crippen molar-refractivity contribution in [2.75, 3.05) is 7.11 Å². The number of nitrogens with two attached hydrogens (primary N) is 1. The topological polar surface area (TPSA) is 52.3 Å². The first-order valence-corrected chi connectivity index (χ1v) is 7.65. The molecule has 1 unspecified atom stereocenters. The lowest BCUT2D eigenvalue weighted by atomic mass is 9.92. The SMILES string of the molecule is COc1cc(C2=C(N)CC(c3ccccc3)C2=O)cc(C(F)(F)F)c1. The van der Waals surface area contributed by atoms with Crippen LogP contribution in [0.1, 0.15) is 29.0 Å². The van der Waals surface area contributed by atoms with Gasteiger partial charge in [0, 0.05) is 17.7 Å². The molecule has 0 aromatic heterocycles. The van der Waals surface area contributed by atoms with Gasteiger partial charge in [0.2, 0.25) is 0 Å². The van der Waals surface area contributed by atoms with Crippen LogP contribution in [0.2, 0.25) is 0 Å². The normalized spacial score (nSPS) is 17.9. The van der Waals surface area contributed by atoms with Crippen LogP contribution in [0.5, 0.6) is 5.75 Å². The van der Waals surface area contributed by atoms with Crippen LogP contribution in [-0.2, 0) is 11.0 Å². The zero-order chi connectivity index (χ0) is 18.2. The van der Waals surface area contributed by atoms with Crippen LogP contribution < -0.4 is 10.5 Å². The van der Waals surface area contributed by atoms with Gasteiger partial charge < -0.3 is 10.5 Å². The van der Waals surface area contributed by atoms with Crippen LogP contribution >= 0.6 is 0 Å². The largest absolute Gasteiger partial charge is 0.497 e. The minimum absolute atomic E-state index is 0.0288. The number of hydrogen-bond acceptors (Lipinski definition) is 3. The highest BCUT2D eigenvalue weighted by molar-refractivity contribution is 6.26. The first-order chi connectivity index (χ1) is 11.8. The van der Waals surface area contributed by atoms with Crippen LogP contribution in [0.25, 0.3) is 5.57 Å². The van der Waals surface area contributed by atoms with E-state index in [0.29, 0.717) is 5.70 Å². The molecule has 0 aliphatic heterocycles. The maximum Gasteiger partial charge on any atom is 0.416 e. The summed E-state index contributed by atoms with van der Waals surface area (Å²) in [6, 6.07) is 12.3. The molecule has 1 aliphatic rings. The van der Waals surface area contributed by atoms with E-state index in [1.54, 1.807) is 0 Å². The maximum atomic E-state index is 13.1. The number of ketones is 1. The van der Waals surface area contributed by atoms with Crippen LogP contribution in [0.4, 0.5) is 13.2 Å². The number of carbonyl (C=O) groups excluding carboxylic acids is 1. The Morgan fingerprint density at radius 1 is 1.12 bits per heavy atom. The third kappa shape index (κ3) is 3.24. The lowest BCUT2D eigenvalue weighted by Gasteiger charge is -2.13. The molecular weight excluding hydrogens is 331 g/mol. The minimum Gasteiger partial charge on any atom is -0.497 e. The number of ether oxygens (including phenoxy) is 1. The minimum atomic E-state index is -4.54. The molecule has 6 heteroatoms. The average molecular weight is 347 g/mol. The third-order valence-electron chi connectivity index (χ3n) is 4.27. The van der Waals surface area contributed by atoms with Crippen LogP contribution in [0, 0.1) is 0 Å². The monoisotopic (exact) mass is 347 g/mol. The number of rotatable bonds is 3. The molecule has 0 bridgehead atoms. The van der Waals surface area contributed by atoms with Gasteiger partial charge in [0.25, 0.3) is 0 Å². The van der Waals surface area contributed by atoms with E-state index in [1.165, 1.54) is 13.2 Å². The summed E-state index contributed by atoms with van der Waals surface area (Å²) in [4.78, 5) is 12.8. The molecule has 25 heavy (non-hydrogen) atoms. The van der Waals surface area contributed by atoms with Crippen molar-refractivity contribution in [3.63, 3.8) is 0 Å². The summed E-state index contributed by atoms with van der Waals surface area (Å²) in [5.74, 6) is -0.720. The molecule has 0 amide bonds. The summed E-state index contributed by atoms with van der Waals surface area (Å²) in [6.45, 7) is 0. The highest BCUT2D eigenvalue weighted by Gasteiger charge is 2.36. The molecule has 0 fully saturated rings. The molecule has 0 spiro atoms. The summed E-state index contributed by atoms with van der Waals surface area (Å²) in [6.07, 6.45) is -4.25. The molecular formula is C19H16F3NO2. The molecule has 2 N–H and O–H groups in total. The number of benzene rings is 2. The fourth-order valence-corrected chi connectivity index (χ4v) is 3.05. The Balaban J connectivity index is 2.04. The Bertz CT molecular complexity index is 841. The van der Waals surface area contributed by atoms with Gasteiger partial charge in [0.15, 0.2) is 5.78 Å². The van der Waals surface area contributed by atoms with Crippen LogP contribution in [0.15, 0.2) is 54.2 Å². The third-order valence-corrected chi connectivity index (χ3v) is 4.27. The van der Waals surface area contributed by atoms with E-state index < -0.39 is 17.7 Å². The number of alkyl halides is 3. The molecule has 0 heterocycles. The van der Waals surface area contributed by atoms with Crippen LogP contribution in [-0.4, -0.2) is 12.9 Å². The Kier molecular flexibility index (Phi) is 4.29. The molecule has 1 atom stereocenters. The summed E-state index contributed by atoms with van der Waals surface area (Å²) in [5.41, 5.74) is 6.50. The zero-order valence-electron chi connectivity index (χ0n) is 13.4. The Hall–Kier alpha value is -2.76. The summed E-state index contributed by atoms with van der Waals surface area (Å²) >= 11 is 0. The molecule has 3 nitrogen and oxygen atoms in total. The predicted molar refractivity (Wildman–Crippen MR) is 87.9 cm³/mol. The van der Waals surface area contributed by atoms with Gasteiger partial charge in [-0.05, 0) is 29.3 Å². The molecule has 130 valence electrons. The van der Waals surface area contributed by atoms with E-state index in [2.05, 4.69) is 0 Å². The van der Waals surface area contributed by atoms with Crippen molar-refractivity contribution >= 4 is 11.4 Å². The van der Waals surface area contributed by atoms with Crippen molar-refractivity contribution < 1.29 is 22.7 Å². The van der Waals surface area contributed by atoms with Crippen molar-refractivity contribution in [3.8, 4) is 5.75 Å². The van der Waals surface area contributed by atoms with Gasteiger partial charge in [-0.3, -0.25) is 4.79 Å². The van der Waals surface area contributed by atoms with Crippen molar-refractivity contribution in [2.45, 2.75) is 18.5 Å². The lowest BCUT2D eigenvalue weighted by Crippen LogP contribution is -2.10. The molecule has 0 radical (unpaired) electrons. The number of allylic oxidation sites excluding steroid dienone is 2. The fraction of sp³-hybridized carbons (Fsp3) is 0.211. The molecule has 3 rings (SSSR count). The van der Waals surface area contributed by atoms with E-state index in [1.807, 2.05) is 30.3 Å². The van der Waals surface area contributed by atoms with Gasteiger partial charge in [-0.15, -0.1) is 0 Å². The summed E-state index contributed by atoms with van der Waals surface area (Å²) < 4.78 is 44.3. The maximum absolute atomic E-state index is 13.1. The quantitative estimate of drug-likeness (QED) is 0.908. The van der Waals surface area contributed by atoms with Crippen molar-refractivity contribution in [1.29, 1.82) is 0 Å². The first kappa shape index (κ1) is 17.1. The second-order valence-electron chi connectivity index (χ2n) is 5.88. The van der Waals surface area contributed by atoms with Crippen LogP contribution in [0.3, 0.4) is 0 Å². The summed E-state index contributed by atoms with van der Waals surface area (Å²) in [5, 5.41) is 0. The second-order valence-corrected chi connectivity index (χ2v) is 5.88. The lowest BCUT2D eigenvalue weighted by molar-refractivity contribution is -0.137. The average Bonchev–Trinajstić information content (AvgIpc) is 2.89. The summed E-state index contributed by atoms with van der Waals surface area (Å²) in [7, 11) is 1.28. The van der Waals surface area contributed by atoms with Gasteiger partial charge >= 0.3 is 6.18 Å². The van der Waals surface area contributed by atoms with Crippen molar-refractivity contribution in [3.05, 3.63) is 70.9 Å². The number of Topliss-reactive ketones (excluding diaryl/α,β-unsaturated/α-hetero) is 1. The van der Waals surface area contributed by atoms with E-state index in [4.69, 9.17) is 10.5 Å². The first-order valence-electron chi connectivity index (χ1n) is 7.65. The van der Waals surface area contributed by atoms with Gasteiger partial charge in [-0.1, -0.05) is 30.3 Å². The standard InChI is InChI=1S/C19H16F3NO2/c1-25-14-8-12(7-13(9-14)19(20,21)22)17-16(23)10-15(18(17)24)11-5-3-2-4-6-11/h2-9,15H,10,23H2,1H3. The number of methoxy groups -OCH3 is 1. The highest BCUT2D eigenvalue weighted by atomic mass is 19.4. The molecule has 0 saturated carbocycles. The molecule has 0 saturated heterocycles. The van der Waals surface area contributed by atoms with E-state index in [9.17, 15) is 18.0 Å². The second kappa shape index (κ2) is 6.27. The molecule has 1 aliphatic carbocycles. The Labute approximate surface area is 142 Å². The van der Waals surface area contributed by atoms with Crippen molar-refractivity contribution in [1.82, 2.24) is 0 Å². The predicted octanol–water partition coefficient (Wildman–Crippen LogP) is 4.14. The number of hydrogen-bond donors (Lipinski definition) is 1. The van der Waals surface area contributed by atoms with Gasteiger partial charge in [0.05, 0.1) is 18.6 Å². The van der Waals surface area contributed by atoms with E-state index in [-0.39, 0.29) is 29.1 Å².